The van der Waals surface area contributed by atoms with Crippen molar-refractivity contribution < 1.29 is 24.5 Å². The van der Waals surface area contributed by atoms with E-state index in [0.717, 1.165) is 0 Å². The highest BCUT2D eigenvalue weighted by atomic mass is 16.6. The van der Waals surface area contributed by atoms with E-state index in [9.17, 15) is 9.59 Å². The molecule has 86 valence electrons. The van der Waals surface area contributed by atoms with Crippen LogP contribution in [0.1, 0.15) is 6.42 Å². The van der Waals surface area contributed by atoms with Gasteiger partial charge in [-0.3, -0.25) is 4.79 Å². The van der Waals surface area contributed by atoms with Crippen molar-refractivity contribution >= 4 is 12.1 Å². The summed E-state index contributed by atoms with van der Waals surface area (Å²) < 4.78 is 4.77. The van der Waals surface area contributed by atoms with E-state index in [2.05, 4.69) is 5.32 Å². The number of carbonyl (C=O) groups excluding carboxylic acids is 1. The third kappa shape index (κ3) is 4.32. The molecule has 0 unspecified atom stereocenters. The molecule has 0 atom stereocenters. The molecule has 0 saturated carbocycles. The lowest BCUT2D eigenvalue weighted by Crippen LogP contribution is -2.28. The fourth-order valence-electron chi connectivity index (χ4n) is 0.962. The number of aliphatic carboxylic acids is 1. The SMILES string of the molecule is O=C(O)CCNC(=O)Oc1cccc(O)c1. The second-order valence-electron chi connectivity index (χ2n) is 2.96. The van der Waals surface area contributed by atoms with Crippen LogP contribution in [0.25, 0.3) is 0 Å². The average molecular weight is 225 g/mol. The number of phenolic OH excluding ortho intramolecular Hbond substituents is 1. The van der Waals surface area contributed by atoms with Crippen LogP contribution in [-0.2, 0) is 4.79 Å². The summed E-state index contributed by atoms with van der Waals surface area (Å²) in [5.41, 5.74) is 0. The van der Waals surface area contributed by atoms with Crippen LogP contribution in [0.2, 0.25) is 0 Å². The van der Waals surface area contributed by atoms with Crippen LogP contribution in [0.15, 0.2) is 24.3 Å². The van der Waals surface area contributed by atoms with E-state index in [1.807, 2.05) is 0 Å². The number of hydrogen-bond donors (Lipinski definition) is 3. The number of carboxylic acids is 1. The Balaban J connectivity index is 2.37. The molecule has 0 aliphatic rings. The highest BCUT2D eigenvalue weighted by Gasteiger charge is 2.05. The summed E-state index contributed by atoms with van der Waals surface area (Å²) in [7, 11) is 0. The van der Waals surface area contributed by atoms with Gasteiger partial charge in [-0.05, 0) is 12.1 Å². The van der Waals surface area contributed by atoms with Crippen molar-refractivity contribution in [1.82, 2.24) is 5.32 Å². The number of hydrogen-bond acceptors (Lipinski definition) is 4. The van der Waals surface area contributed by atoms with Gasteiger partial charge in [0, 0.05) is 12.6 Å². The summed E-state index contributed by atoms with van der Waals surface area (Å²) in [5, 5.41) is 19.7. The zero-order valence-corrected chi connectivity index (χ0v) is 8.34. The normalized spacial score (nSPS) is 9.50. The molecule has 3 N–H and O–H groups in total. The van der Waals surface area contributed by atoms with Gasteiger partial charge in [0.15, 0.2) is 0 Å². The standard InChI is InChI=1S/C10H11NO5/c12-7-2-1-3-8(6-7)16-10(15)11-5-4-9(13)14/h1-3,6,12H,4-5H2,(H,11,15)(H,13,14). The molecule has 6 heteroatoms. The Labute approximate surface area is 91.5 Å². The Morgan fingerprint density at radius 1 is 1.38 bits per heavy atom. The quantitative estimate of drug-likeness (QED) is 0.709. The topological polar surface area (TPSA) is 95.9 Å². The monoisotopic (exact) mass is 225 g/mol. The largest absolute Gasteiger partial charge is 0.508 e. The lowest BCUT2D eigenvalue weighted by atomic mass is 10.3. The highest BCUT2D eigenvalue weighted by molar-refractivity contribution is 5.72. The number of carbonyl (C=O) groups is 2. The lowest BCUT2D eigenvalue weighted by Gasteiger charge is -2.05. The minimum absolute atomic E-state index is 0.00696. The number of phenols is 1. The zero-order chi connectivity index (χ0) is 12.0. The number of aromatic hydroxyl groups is 1. The van der Waals surface area contributed by atoms with Gasteiger partial charge >= 0.3 is 12.1 Å². The first kappa shape index (κ1) is 11.8. The molecule has 0 aromatic heterocycles. The highest BCUT2D eigenvalue weighted by Crippen LogP contribution is 2.17. The van der Waals surface area contributed by atoms with Gasteiger partial charge in [0.05, 0.1) is 6.42 Å². The Kier molecular flexibility index (Phi) is 4.14. The molecule has 16 heavy (non-hydrogen) atoms. The van der Waals surface area contributed by atoms with Gasteiger partial charge in [-0.2, -0.15) is 0 Å². The second-order valence-corrected chi connectivity index (χ2v) is 2.96. The van der Waals surface area contributed by atoms with Gasteiger partial charge in [0.2, 0.25) is 0 Å². The van der Waals surface area contributed by atoms with Crippen molar-refractivity contribution in [1.29, 1.82) is 0 Å². The van der Waals surface area contributed by atoms with E-state index in [4.69, 9.17) is 14.9 Å². The first-order valence-electron chi connectivity index (χ1n) is 4.54. The molecule has 1 aromatic carbocycles. The van der Waals surface area contributed by atoms with Crippen LogP contribution < -0.4 is 10.1 Å². The summed E-state index contributed by atoms with van der Waals surface area (Å²) in [6.45, 7) is -0.00696. The average Bonchev–Trinajstić information content (AvgIpc) is 2.16. The van der Waals surface area contributed by atoms with Crippen molar-refractivity contribution in [2.45, 2.75) is 6.42 Å². The van der Waals surface area contributed by atoms with E-state index in [0.29, 0.717) is 0 Å². The van der Waals surface area contributed by atoms with Gasteiger partial charge in [-0.15, -0.1) is 0 Å². The molecule has 0 radical (unpaired) electrons. The summed E-state index contributed by atoms with van der Waals surface area (Å²) in [4.78, 5) is 21.3. The number of rotatable bonds is 4. The summed E-state index contributed by atoms with van der Waals surface area (Å²) in [5.74, 6) is -0.832. The predicted octanol–water partition coefficient (Wildman–Crippen LogP) is 0.955. The molecule has 1 aromatic rings. The van der Waals surface area contributed by atoms with Crippen LogP contribution in [0.5, 0.6) is 11.5 Å². The molecule has 6 nitrogen and oxygen atoms in total. The smallest absolute Gasteiger partial charge is 0.412 e. The molecule has 0 aliphatic carbocycles. The van der Waals surface area contributed by atoms with E-state index >= 15 is 0 Å². The summed E-state index contributed by atoms with van der Waals surface area (Å²) >= 11 is 0. The lowest BCUT2D eigenvalue weighted by molar-refractivity contribution is -0.136. The van der Waals surface area contributed by atoms with E-state index in [-0.39, 0.29) is 24.5 Å². The fourth-order valence-corrected chi connectivity index (χ4v) is 0.962. The molecule has 0 heterocycles. The van der Waals surface area contributed by atoms with Crippen molar-refractivity contribution in [3.8, 4) is 11.5 Å². The molecule has 1 amide bonds. The third-order valence-corrected chi connectivity index (χ3v) is 1.64. The number of carboxylic acid groups (broad SMARTS) is 1. The van der Waals surface area contributed by atoms with E-state index in [1.165, 1.54) is 24.3 Å². The number of benzene rings is 1. The van der Waals surface area contributed by atoms with Crippen LogP contribution in [0, 0.1) is 0 Å². The van der Waals surface area contributed by atoms with Crippen molar-refractivity contribution in [2.75, 3.05) is 6.54 Å². The van der Waals surface area contributed by atoms with Gasteiger partial charge < -0.3 is 20.3 Å². The number of ether oxygens (including phenoxy) is 1. The van der Waals surface area contributed by atoms with Gasteiger partial charge in [-0.25, -0.2) is 4.79 Å². The number of nitrogens with one attached hydrogen (secondary N) is 1. The minimum Gasteiger partial charge on any atom is -0.508 e. The minimum atomic E-state index is -1.00. The van der Waals surface area contributed by atoms with Gasteiger partial charge in [-0.1, -0.05) is 6.07 Å². The molecule has 1 rings (SSSR count). The number of amides is 1. The molecular formula is C10H11NO5. The molecule has 0 fully saturated rings. The van der Waals surface area contributed by atoms with Crippen molar-refractivity contribution in [2.24, 2.45) is 0 Å². The van der Waals surface area contributed by atoms with Crippen LogP contribution in [0.4, 0.5) is 4.79 Å². The zero-order valence-electron chi connectivity index (χ0n) is 8.34. The molecule has 0 bridgehead atoms. The Morgan fingerprint density at radius 3 is 2.75 bits per heavy atom. The van der Waals surface area contributed by atoms with Gasteiger partial charge in [0.1, 0.15) is 11.5 Å². The van der Waals surface area contributed by atoms with Crippen LogP contribution in [-0.4, -0.2) is 28.8 Å². The van der Waals surface area contributed by atoms with E-state index < -0.39 is 12.1 Å². The maximum absolute atomic E-state index is 11.1. The summed E-state index contributed by atoms with van der Waals surface area (Å²) in [6, 6.07) is 5.73. The predicted molar refractivity (Wildman–Crippen MR) is 54.4 cm³/mol. The van der Waals surface area contributed by atoms with Crippen LogP contribution >= 0.6 is 0 Å². The maximum atomic E-state index is 11.1. The third-order valence-electron chi connectivity index (χ3n) is 1.64. The Hall–Kier alpha value is -2.24. The molecule has 0 aliphatic heterocycles. The Morgan fingerprint density at radius 2 is 2.12 bits per heavy atom. The Bertz CT molecular complexity index is 391. The second kappa shape index (κ2) is 5.59. The fraction of sp³-hybridized carbons (Fsp3) is 0.200. The van der Waals surface area contributed by atoms with Gasteiger partial charge in [0.25, 0.3) is 0 Å². The van der Waals surface area contributed by atoms with Crippen molar-refractivity contribution in [3.63, 3.8) is 0 Å². The summed E-state index contributed by atoms with van der Waals surface area (Å²) in [6.07, 6.45) is -0.929. The van der Waals surface area contributed by atoms with E-state index in [1.54, 1.807) is 0 Å². The van der Waals surface area contributed by atoms with Crippen molar-refractivity contribution in [3.05, 3.63) is 24.3 Å². The first-order chi connectivity index (χ1) is 7.58. The maximum Gasteiger partial charge on any atom is 0.412 e. The molecule has 0 spiro atoms. The first-order valence-corrected chi connectivity index (χ1v) is 4.54. The molecule has 0 saturated heterocycles. The van der Waals surface area contributed by atoms with Crippen LogP contribution in [0.3, 0.4) is 0 Å². The molecular weight excluding hydrogens is 214 g/mol.